The quantitative estimate of drug-likeness (QED) is 0.718. The van der Waals surface area contributed by atoms with Crippen LogP contribution in [0.3, 0.4) is 0 Å². The summed E-state index contributed by atoms with van der Waals surface area (Å²) < 4.78 is 3.25. The van der Waals surface area contributed by atoms with Gasteiger partial charge in [0.2, 0.25) is 0 Å². The molecule has 2 N–H and O–H groups in total. The fourth-order valence-electron chi connectivity index (χ4n) is 2.10. The molecule has 0 fully saturated rings. The molecule has 0 aromatic carbocycles. The molecular weight excluding hydrogens is 268 g/mol. The number of rotatable bonds is 1. The minimum Gasteiger partial charge on any atom is -0.382 e. The van der Waals surface area contributed by atoms with Gasteiger partial charge in [0, 0.05) is 0 Å². The van der Waals surface area contributed by atoms with E-state index in [1.165, 1.54) is 17.2 Å². The maximum absolute atomic E-state index is 8.97. The third-order valence-corrected chi connectivity index (χ3v) is 3.11. The number of anilines is 1. The summed E-state index contributed by atoms with van der Waals surface area (Å²) in [4.78, 5) is 8.52. The van der Waals surface area contributed by atoms with Crippen molar-refractivity contribution in [3.05, 3.63) is 24.3 Å². The van der Waals surface area contributed by atoms with E-state index in [4.69, 9.17) is 11.0 Å². The molecule has 3 heterocycles. The van der Waals surface area contributed by atoms with E-state index in [2.05, 4.69) is 20.2 Å². The molecule has 0 bridgehead atoms. The molecule has 21 heavy (non-hydrogen) atoms. The Balaban J connectivity index is 2.28. The van der Waals surface area contributed by atoms with Gasteiger partial charge in [-0.25, -0.2) is 14.6 Å². The summed E-state index contributed by atoms with van der Waals surface area (Å²) in [5, 5.41) is 18.2. The molecule has 0 saturated heterocycles. The summed E-state index contributed by atoms with van der Waals surface area (Å²) >= 11 is 0. The van der Waals surface area contributed by atoms with Gasteiger partial charge in [-0.3, -0.25) is 0 Å². The summed E-state index contributed by atoms with van der Waals surface area (Å²) in [5.41, 5.74) is 6.72. The van der Waals surface area contributed by atoms with Crippen molar-refractivity contribution in [2.45, 2.75) is 26.3 Å². The van der Waals surface area contributed by atoms with Crippen LogP contribution in [-0.4, -0.2) is 29.5 Å². The highest BCUT2D eigenvalue weighted by Crippen LogP contribution is 2.25. The van der Waals surface area contributed by atoms with E-state index in [-0.39, 0.29) is 11.4 Å². The molecule has 0 saturated carbocycles. The maximum Gasteiger partial charge on any atom is 0.170 e. The van der Waals surface area contributed by atoms with Crippen molar-refractivity contribution in [3.63, 3.8) is 0 Å². The number of nitrogens with two attached hydrogens (primary N) is 1. The van der Waals surface area contributed by atoms with E-state index in [0.717, 1.165) is 5.39 Å². The molecule has 0 aliphatic carbocycles. The van der Waals surface area contributed by atoms with Crippen molar-refractivity contribution in [2.75, 3.05) is 5.73 Å². The number of hydrogen-bond donors (Lipinski definition) is 1. The Morgan fingerprint density at radius 2 is 1.95 bits per heavy atom. The molecule has 0 atom stereocenters. The molecule has 8 nitrogen and oxygen atoms in total. The Morgan fingerprint density at radius 3 is 2.57 bits per heavy atom. The molecule has 3 aromatic heterocycles. The van der Waals surface area contributed by atoms with Gasteiger partial charge in [0.15, 0.2) is 11.5 Å². The number of nitrogens with zero attached hydrogens (tertiary/aromatic N) is 7. The average Bonchev–Trinajstić information content (AvgIpc) is 3.01. The van der Waals surface area contributed by atoms with E-state index in [9.17, 15) is 0 Å². The van der Waals surface area contributed by atoms with Crippen molar-refractivity contribution < 1.29 is 0 Å². The number of fused-ring (bicyclic) bond motifs is 1. The van der Waals surface area contributed by atoms with Crippen molar-refractivity contribution in [1.29, 1.82) is 5.26 Å². The molecule has 0 unspecified atom stereocenters. The topological polar surface area (TPSA) is 111 Å². The molecule has 3 aromatic rings. The van der Waals surface area contributed by atoms with Gasteiger partial charge in [-0.2, -0.15) is 20.1 Å². The minimum atomic E-state index is -0.207. The summed E-state index contributed by atoms with van der Waals surface area (Å²) in [6.45, 7) is 6.12. The lowest BCUT2D eigenvalue weighted by molar-refractivity contribution is 0.366. The molecule has 0 spiro atoms. The monoisotopic (exact) mass is 282 g/mol. The van der Waals surface area contributed by atoms with Crippen molar-refractivity contribution in [1.82, 2.24) is 29.5 Å². The largest absolute Gasteiger partial charge is 0.382 e. The van der Waals surface area contributed by atoms with Crippen LogP contribution in [0.5, 0.6) is 0 Å². The van der Waals surface area contributed by atoms with E-state index in [1.807, 2.05) is 31.5 Å². The summed E-state index contributed by atoms with van der Waals surface area (Å²) in [5.74, 6) is 0.760. The highest BCUT2D eigenvalue weighted by Gasteiger charge is 2.21. The number of nitriles is 1. The number of nitrogen functional groups attached to an aromatic ring is 1. The molecule has 0 amide bonds. The normalized spacial score (nSPS) is 11.7. The van der Waals surface area contributed by atoms with Crippen LogP contribution in [0, 0.1) is 11.3 Å². The number of hydrogen-bond acceptors (Lipinski definition) is 6. The molecule has 0 aliphatic heterocycles. The Kier molecular flexibility index (Phi) is 2.66. The van der Waals surface area contributed by atoms with Crippen LogP contribution < -0.4 is 5.73 Å². The first-order valence-corrected chi connectivity index (χ1v) is 6.36. The predicted molar refractivity (Wildman–Crippen MR) is 76.6 cm³/mol. The van der Waals surface area contributed by atoms with Crippen molar-refractivity contribution >= 4 is 16.9 Å². The zero-order chi connectivity index (χ0) is 15.2. The van der Waals surface area contributed by atoms with Crippen molar-refractivity contribution in [2.24, 2.45) is 0 Å². The van der Waals surface area contributed by atoms with Gasteiger partial charge in [-0.15, -0.1) is 0 Å². The minimum absolute atomic E-state index is 0.207. The van der Waals surface area contributed by atoms with E-state index < -0.39 is 0 Å². The van der Waals surface area contributed by atoms with E-state index in [0.29, 0.717) is 17.0 Å². The summed E-state index contributed by atoms with van der Waals surface area (Å²) in [7, 11) is 0. The maximum atomic E-state index is 8.97. The second-order valence-electron chi connectivity index (χ2n) is 5.63. The third kappa shape index (κ3) is 1.90. The smallest absolute Gasteiger partial charge is 0.170 e. The average molecular weight is 282 g/mol. The molecule has 3 rings (SSSR count). The Bertz CT molecular complexity index is 859. The fraction of sp³-hybridized carbons (Fsp3) is 0.308. The summed E-state index contributed by atoms with van der Waals surface area (Å²) in [6.07, 6.45) is 4.54. The first-order chi connectivity index (χ1) is 9.93. The van der Waals surface area contributed by atoms with Gasteiger partial charge >= 0.3 is 0 Å². The zero-order valence-corrected chi connectivity index (χ0v) is 11.9. The molecule has 0 radical (unpaired) electrons. The highest BCUT2D eigenvalue weighted by atomic mass is 15.4. The van der Waals surface area contributed by atoms with Crippen LogP contribution in [0.1, 0.15) is 26.3 Å². The fourth-order valence-corrected chi connectivity index (χ4v) is 2.10. The summed E-state index contributed by atoms with van der Waals surface area (Å²) in [6, 6.07) is 1.99. The highest BCUT2D eigenvalue weighted by molar-refractivity contribution is 5.82. The van der Waals surface area contributed by atoms with E-state index in [1.54, 1.807) is 6.20 Å². The Morgan fingerprint density at radius 1 is 1.19 bits per heavy atom. The van der Waals surface area contributed by atoms with Gasteiger partial charge < -0.3 is 5.73 Å². The predicted octanol–water partition coefficient (Wildman–Crippen LogP) is 1.22. The second-order valence-corrected chi connectivity index (χ2v) is 5.63. The Labute approximate surface area is 120 Å². The van der Waals surface area contributed by atoms with Crippen LogP contribution in [-0.2, 0) is 5.54 Å². The SMILES string of the molecule is CC(C)(C)n1ncc2c(-n3ncc(C#N)c3N)ncnc21. The van der Waals surface area contributed by atoms with Gasteiger partial charge in [-0.1, -0.05) is 0 Å². The lowest BCUT2D eigenvalue weighted by Gasteiger charge is -2.19. The van der Waals surface area contributed by atoms with Crippen LogP contribution in [0.15, 0.2) is 18.7 Å². The first kappa shape index (κ1) is 13.1. The van der Waals surface area contributed by atoms with Crippen LogP contribution in [0.4, 0.5) is 5.82 Å². The van der Waals surface area contributed by atoms with Crippen LogP contribution in [0.2, 0.25) is 0 Å². The van der Waals surface area contributed by atoms with E-state index >= 15 is 0 Å². The number of aromatic nitrogens is 6. The lowest BCUT2D eigenvalue weighted by atomic mass is 10.1. The zero-order valence-electron chi connectivity index (χ0n) is 11.9. The van der Waals surface area contributed by atoms with Gasteiger partial charge in [-0.05, 0) is 20.8 Å². The van der Waals surface area contributed by atoms with Crippen LogP contribution in [0.25, 0.3) is 16.9 Å². The van der Waals surface area contributed by atoms with Gasteiger partial charge in [0.05, 0.1) is 23.3 Å². The molecule has 8 heteroatoms. The second kappa shape index (κ2) is 4.28. The standard InChI is InChI=1S/C13H14N8/c1-13(2,3)21-12-9(6-19-21)11(16-7-17-12)20-10(15)8(4-14)5-18-20/h5-7H,15H2,1-3H3. The first-order valence-electron chi connectivity index (χ1n) is 6.36. The molecule has 0 aliphatic rings. The molecular formula is C13H14N8. The molecule has 106 valence electrons. The van der Waals surface area contributed by atoms with Gasteiger partial charge in [0.25, 0.3) is 0 Å². The van der Waals surface area contributed by atoms with Crippen LogP contribution >= 0.6 is 0 Å². The lowest BCUT2D eigenvalue weighted by Crippen LogP contribution is -2.23. The van der Waals surface area contributed by atoms with Crippen molar-refractivity contribution in [3.8, 4) is 11.9 Å². The van der Waals surface area contributed by atoms with Gasteiger partial charge in [0.1, 0.15) is 23.8 Å². The third-order valence-electron chi connectivity index (χ3n) is 3.11. The Hall–Kier alpha value is -2.95.